The maximum atomic E-state index is 12.9. The fraction of sp³-hybridized carbons (Fsp3) is 0.318. The van der Waals surface area contributed by atoms with Gasteiger partial charge in [-0.1, -0.05) is 36.4 Å². The number of alkyl carbamates (subject to hydrolysis) is 1. The summed E-state index contributed by atoms with van der Waals surface area (Å²) in [4.78, 5) is 11.7. The first-order valence-electron chi connectivity index (χ1n) is 9.51. The summed E-state index contributed by atoms with van der Waals surface area (Å²) in [6, 6.07) is 12.9. The quantitative estimate of drug-likeness (QED) is 0.658. The average Bonchev–Trinajstić information content (AvgIpc) is 2.65. The van der Waals surface area contributed by atoms with E-state index in [0.717, 1.165) is 16.5 Å². The molecule has 2 N–H and O–H groups in total. The second kappa shape index (κ2) is 10.4. The van der Waals surface area contributed by atoms with E-state index in [1.807, 2.05) is 18.2 Å². The van der Waals surface area contributed by atoms with Gasteiger partial charge in [0.2, 0.25) is 10.0 Å². The van der Waals surface area contributed by atoms with Gasteiger partial charge in [0.1, 0.15) is 11.4 Å². The van der Waals surface area contributed by atoms with Crippen molar-refractivity contribution >= 4 is 22.2 Å². The zero-order valence-electron chi connectivity index (χ0n) is 17.3. The van der Waals surface area contributed by atoms with Crippen molar-refractivity contribution in [1.82, 2.24) is 10.0 Å². The molecule has 0 aromatic heterocycles. The van der Waals surface area contributed by atoms with Crippen LogP contribution in [0.3, 0.4) is 0 Å². The Hall–Kier alpha value is -2.71. The van der Waals surface area contributed by atoms with E-state index in [0.29, 0.717) is 18.5 Å². The van der Waals surface area contributed by atoms with E-state index in [9.17, 15) is 17.6 Å². The molecule has 2 rings (SSSR count). The number of amides is 1. The molecule has 0 unspecified atom stereocenters. The van der Waals surface area contributed by atoms with Crippen LogP contribution in [0.1, 0.15) is 37.5 Å². The number of carbonyl (C=O) groups is 1. The van der Waals surface area contributed by atoms with Crippen LogP contribution in [0.4, 0.5) is 9.18 Å². The van der Waals surface area contributed by atoms with E-state index in [-0.39, 0.29) is 12.4 Å². The van der Waals surface area contributed by atoms with Gasteiger partial charge in [0.15, 0.2) is 0 Å². The molecule has 2 aromatic carbocycles. The van der Waals surface area contributed by atoms with E-state index in [2.05, 4.69) is 10.0 Å². The van der Waals surface area contributed by atoms with Crippen LogP contribution in [-0.2, 0) is 27.7 Å². The number of rotatable bonds is 8. The summed E-state index contributed by atoms with van der Waals surface area (Å²) in [6.45, 7) is 5.79. The molecule has 0 fully saturated rings. The molecule has 0 atom stereocenters. The second-order valence-corrected chi connectivity index (χ2v) is 9.32. The Morgan fingerprint density at radius 3 is 2.43 bits per heavy atom. The van der Waals surface area contributed by atoms with Gasteiger partial charge in [-0.25, -0.2) is 22.3 Å². The zero-order chi connectivity index (χ0) is 22.2. The summed E-state index contributed by atoms with van der Waals surface area (Å²) in [5.74, 6) is -0.376. The van der Waals surface area contributed by atoms with Crippen LogP contribution in [0.25, 0.3) is 6.08 Å². The predicted molar refractivity (Wildman–Crippen MR) is 116 cm³/mol. The molecule has 30 heavy (non-hydrogen) atoms. The number of ether oxygens (including phenoxy) is 1. The van der Waals surface area contributed by atoms with Crippen LogP contribution in [0.2, 0.25) is 0 Å². The first-order valence-corrected chi connectivity index (χ1v) is 11.1. The van der Waals surface area contributed by atoms with Crippen molar-refractivity contribution in [3.05, 3.63) is 76.4 Å². The normalized spacial score (nSPS) is 12.1. The van der Waals surface area contributed by atoms with Gasteiger partial charge >= 0.3 is 6.09 Å². The molecule has 0 bridgehead atoms. The molecule has 1 amide bonds. The molecule has 8 heteroatoms. The fourth-order valence-corrected chi connectivity index (χ4v) is 3.32. The molecule has 0 saturated heterocycles. The highest BCUT2D eigenvalue weighted by Gasteiger charge is 2.15. The molecule has 162 valence electrons. The number of hydrogen-bond donors (Lipinski definition) is 2. The third kappa shape index (κ3) is 8.75. The van der Waals surface area contributed by atoms with Crippen LogP contribution in [0.5, 0.6) is 0 Å². The molecule has 2 aromatic rings. The van der Waals surface area contributed by atoms with Gasteiger partial charge in [-0.15, -0.1) is 0 Å². The molecule has 0 aliphatic heterocycles. The van der Waals surface area contributed by atoms with Crippen molar-refractivity contribution < 1.29 is 22.3 Å². The summed E-state index contributed by atoms with van der Waals surface area (Å²) in [5.41, 5.74) is 1.70. The van der Waals surface area contributed by atoms with E-state index >= 15 is 0 Å². The Labute approximate surface area is 177 Å². The van der Waals surface area contributed by atoms with Crippen molar-refractivity contribution in [3.63, 3.8) is 0 Å². The smallest absolute Gasteiger partial charge is 0.407 e. The average molecular weight is 435 g/mol. The van der Waals surface area contributed by atoms with Gasteiger partial charge in [0, 0.05) is 18.5 Å². The lowest BCUT2D eigenvalue weighted by Gasteiger charge is -2.19. The lowest BCUT2D eigenvalue weighted by molar-refractivity contribution is 0.0528. The van der Waals surface area contributed by atoms with Crippen LogP contribution < -0.4 is 10.0 Å². The van der Waals surface area contributed by atoms with E-state index in [4.69, 9.17) is 4.74 Å². The summed E-state index contributed by atoms with van der Waals surface area (Å²) in [5, 5.41) is 3.78. The van der Waals surface area contributed by atoms with Crippen LogP contribution in [-0.4, -0.2) is 26.7 Å². The fourth-order valence-electron chi connectivity index (χ4n) is 2.54. The molecular weight excluding hydrogens is 407 g/mol. The highest BCUT2D eigenvalue weighted by atomic mass is 32.2. The van der Waals surface area contributed by atoms with Gasteiger partial charge in [0.05, 0.1) is 0 Å². The van der Waals surface area contributed by atoms with Crippen molar-refractivity contribution in [3.8, 4) is 0 Å². The highest BCUT2D eigenvalue weighted by molar-refractivity contribution is 7.92. The molecule has 0 saturated carbocycles. The minimum atomic E-state index is -3.67. The predicted octanol–water partition coefficient (Wildman–Crippen LogP) is 3.98. The summed E-state index contributed by atoms with van der Waals surface area (Å²) >= 11 is 0. The van der Waals surface area contributed by atoms with Crippen molar-refractivity contribution in [1.29, 1.82) is 0 Å². The van der Waals surface area contributed by atoms with Gasteiger partial charge in [-0.05, 0) is 62.1 Å². The number of benzene rings is 2. The van der Waals surface area contributed by atoms with Crippen LogP contribution >= 0.6 is 0 Å². The summed E-state index contributed by atoms with van der Waals surface area (Å²) in [7, 11) is -3.67. The lowest BCUT2D eigenvalue weighted by Crippen LogP contribution is -2.33. The van der Waals surface area contributed by atoms with Gasteiger partial charge < -0.3 is 10.1 Å². The molecule has 0 radical (unpaired) electrons. The van der Waals surface area contributed by atoms with Gasteiger partial charge in [-0.3, -0.25) is 0 Å². The summed E-state index contributed by atoms with van der Waals surface area (Å²) in [6.07, 6.45) is 1.53. The first-order chi connectivity index (χ1) is 14.0. The Balaban J connectivity index is 1.94. The summed E-state index contributed by atoms with van der Waals surface area (Å²) < 4.78 is 45.1. The number of sulfonamides is 1. The maximum absolute atomic E-state index is 12.9. The number of halogens is 1. The van der Waals surface area contributed by atoms with Crippen LogP contribution in [0.15, 0.2) is 53.9 Å². The molecule has 0 aliphatic carbocycles. The van der Waals surface area contributed by atoms with Crippen molar-refractivity contribution in [2.75, 3.05) is 6.54 Å². The molecule has 0 spiro atoms. The minimum Gasteiger partial charge on any atom is -0.444 e. The maximum Gasteiger partial charge on any atom is 0.407 e. The largest absolute Gasteiger partial charge is 0.444 e. The zero-order valence-corrected chi connectivity index (χ0v) is 18.1. The molecular formula is C22H27FN2O4S. The van der Waals surface area contributed by atoms with Crippen molar-refractivity contribution in [2.45, 2.75) is 39.3 Å². The minimum absolute atomic E-state index is 0.0639. The van der Waals surface area contributed by atoms with E-state index < -0.39 is 21.7 Å². The molecule has 0 aliphatic rings. The first kappa shape index (κ1) is 23.6. The van der Waals surface area contributed by atoms with Gasteiger partial charge in [0.25, 0.3) is 0 Å². The standard InChI is InChI=1S/C22H27FN2O4S/c1-22(2,3)29-21(26)24-14-12-18-6-4-5-7-19(18)13-15-30(27,28)25-16-17-8-10-20(23)11-9-17/h4-11,13,15,25H,12,14,16H2,1-3H3,(H,24,26)/b15-13+. The number of hydrogen-bond acceptors (Lipinski definition) is 4. The molecule has 0 heterocycles. The number of nitrogens with one attached hydrogen (secondary N) is 2. The highest BCUT2D eigenvalue weighted by Crippen LogP contribution is 2.13. The Bertz CT molecular complexity index is 981. The third-order valence-electron chi connectivity index (χ3n) is 3.94. The lowest BCUT2D eigenvalue weighted by atomic mass is 10.0. The monoisotopic (exact) mass is 434 g/mol. The van der Waals surface area contributed by atoms with Crippen LogP contribution in [0, 0.1) is 5.82 Å². The topological polar surface area (TPSA) is 84.5 Å². The second-order valence-electron chi connectivity index (χ2n) is 7.67. The molecule has 6 nitrogen and oxygen atoms in total. The van der Waals surface area contributed by atoms with E-state index in [1.54, 1.807) is 26.8 Å². The third-order valence-corrected chi connectivity index (χ3v) is 4.98. The Kier molecular flexibility index (Phi) is 8.14. The van der Waals surface area contributed by atoms with Gasteiger partial charge in [-0.2, -0.15) is 0 Å². The van der Waals surface area contributed by atoms with Crippen molar-refractivity contribution in [2.24, 2.45) is 0 Å². The Morgan fingerprint density at radius 1 is 1.10 bits per heavy atom. The number of carbonyl (C=O) groups excluding carboxylic acids is 1. The Morgan fingerprint density at radius 2 is 1.77 bits per heavy atom. The SMILES string of the molecule is CC(C)(C)OC(=O)NCCc1ccccc1/C=C/S(=O)(=O)NCc1ccc(F)cc1. The van der Waals surface area contributed by atoms with E-state index in [1.165, 1.54) is 30.3 Å².